The summed E-state index contributed by atoms with van der Waals surface area (Å²) >= 11 is 0. The Kier molecular flexibility index (Phi) is 3.19. The minimum Gasteiger partial charge on any atom is -0.496 e. The summed E-state index contributed by atoms with van der Waals surface area (Å²) in [6.07, 6.45) is 1.62. The minimum atomic E-state index is -0.162. The number of nitrogens with zero attached hydrogens (tertiary/aromatic N) is 1. The molecule has 0 aliphatic heterocycles. The first-order valence-corrected chi connectivity index (χ1v) is 6.37. The van der Waals surface area contributed by atoms with Gasteiger partial charge in [0.2, 0.25) is 5.56 Å². The number of hydrogen-bond donors (Lipinski definition) is 3. The fourth-order valence-corrected chi connectivity index (χ4v) is 2.25. The third kappa shape index (κ3) is 2.27. The van der Waals surface area contributed by atoms with E-state index >= 15 is 0 Å². The van der Waals surface area contributed by atoms with Crippen molar-refractivity contribution in [1.82, 2.24) is 15.2 Å². The van der Waals surface area contributed by atoms with Crippen LogP contribution in [-0.2, 0) is 0 Å². The van der Waals surface area contributed by atoms with Crippen molar-refractivity contribution in [3.05, 3.63) is 52.9 Å². The molecule has 0 saturated heterocycles. The zero-order valence-corrected chi connectivity index (χ0v) is 11.4. The summed E-state index contributed by atoms with van der Waals surface area (Å²) in [5.41, 5.74) is 8.94. The molecule has 4 N–H and O–H groups in total. The molecule has 0 atom stereocenters. The maximum absolute atomic E-state index is 11.2. The van der Waals surface area contributed by atoms with Gasteiger partial charge in [-0.3, -0.25) is 9.89 Å². The third-order valence-electron chi connectivity index (χ3n) is 3.24. The predicted octanol–water partition coefficient (Wildman–Crippen LogP) is 2.02. The van der Waals surface area contributed by atoms with Crippen molar-refractivity contribution < 1.29 is 4.74 Å². The monoisotopic (exact) mass is 282 g/mol. The Morgan fingerprint density at radius 1 is 1.19 bits per heavy atom. The van der Waals surface area contributed by atoms with Gasteiger partial charge in [0.25, 0.3) is 0 Å². The summed E-state index contributed by atoms with van der Waals surface area (Å²) < 4.78 is 5.38. The molecule has 21 heavy (non-hydrogen) atoms. The van der Waals surface area contributed by atoms with E-state index in [1.54, 1.807) is 19.4 Å². The number of ether oxygens (including phenoxy) is 1. The molecule has 0 radical (unpaired) electrons. The Morgan fingerprint density at radius 2 is 2.00 bits per heavy atom. The number of aromatic amines is 2. The molecule has 3 aromatic rings. The van der Waals surface area contributed by atoms with Crippen molar-refractivity contribution in [3.63, 3.8) is 0 Å². The second-order valence-corrected chi connectivity index (χ2v) is 4.50. The highest BCUT2D eigenvalue weighted by Gasteiger charge is 2.17. The van der Waals surface area contributed by atoms with Gasteiger partial charge in [-0.25, -0.2) is 0 Å². The number of pyridine rings is 1. The first-order valence-electron chi connectivity index (χ1n) is 6.37. The lowest BCUT2D eigenvalue weighted by molar-refractivity contribution is 0.416. The van der Waals surface area contributed by atoms with Gasteiger partial charge in [-0.15, -0.1) is 0 Å². The Bertz CT molecular complexity index is 815. The van der Waals surface area contributed by atoms with Crippen LogP contribution in [0.15, 0.2) is 47.4 Å². The molecule has 6 heteroatoms. The SMILES string of the molecule is COc1ccccc1-c1c(N)n[nH]c1-c1ccc(=O)[nH]c1. The van der Waals surface area contributed by atoms with E-state index in [-0.39, 0.29) is 5.56 Å². The summed E-state index contributed by atoms with van der Waals surface area (Å²) in [6, 6.07) is 10.7. The number of benzene rings is 1. The number of nitrogens with two attached hydrogens (primary N) is 1. The highest BCUT2D eigenvalue weighted by atomic mass is 16.5. The number of anilines is 1. The van der Waals surface area contributed by atoms with Gasteiger partial charge in [-0.2, -0.15) is 5.10 Å². The van der Waals surface area contributed by atoms with E-state index in [1.807, 2.05) is 24.3 Å². The van der Waals surface area contributed by atoms with Gasteiger partial charge in [-0.05, 0) is 12.1 Å². The molecule has 0 aliphatic rings. The molecule has 0 fully saturated rings. The standard InChI is InChI=1S/C15H14N4O2/c1-21-11-5-3-2-4-10(11)13-14(18-19-15(13)16)9-6-7-12(20)17-8-9/h2-8H,1H3,(H,17,20)(H3,16,18,19). The smallest absolute Gasteiger partial charge is 0.247 e. The van der Waals surface area contributed by atoms with Crippen molar-refractivity contribution in [3.8, 4) is 28.1 Å². The zero-order chi connectivity index (χ0) is 14.8. The van der Waals surface area contributed by atoms with E-state index in [0.717, 1.165) is 22.4 Å². The van der Waals surface area contributed by atoms with E-state index in [0.29, 0.717) is 11.6 Å². The molecular weight excluding hydrogens is 268 g/mol. The van der Waals surface area contributed by atoms with Gasteiger partial charge in [0.05, 0.1) is 18.4 Å². The molecule has 6 nitrogen and oxygen atoms in total. The van der Waals surface area contributed by atoms with Crippen LogP contribution in [0.1, 0.15) is 0 Å². The van der Waals surface area contributed by atoms with Crippen LogP contribution in [0.2, 0.25) is 0 Å². The Balaban J connectivity index is 2.22. The highest BCUT2D eigenvalue weighted by Crippen LogP contribution is 2.38. The van der Waals surface area contributed by atoms with Crippen LogP contribution in [0.3, 0.4) is 0 Å². The van der Waals surface area contributed by atoms with Crippen LogP contribution in [0, 0.1) is 0 Å². The quantitative estimate of drug-likeness (QED) is 0.684. The van der Waals surface area contributed by atoms with Crippen molar-refractivity contribution in [2.24, 2.45) is 0 Å². The summed E-state index contributed by atoms with van der Waals surface area (Å²) in [7, 11) is 1.61. The fraction of sp³-hybridized carbons (Fsp3) is 0.0667. The van der Waals surface area contributed by atoms with Gasteiger partial charge in [0.1, 0.15) is 5.75 Å². The molecular formula is C15H14N4O2. The predicted molar refractivity (Wildman–Crippen MR) is 81.0 cm³/mol. The highest BCUT2D eigenvalue weighted by molar-refractivity contribution is 5.90. The van der Waals surface area contributed by atoms with Crippen molar-refractivity contribution in [2.75, 3.05) is 12.8 Å². The van der Waals surface area contributed by atoms with Gasteiger partial charge >= 0.3 is 0 Å². The maximum Gasteiger partial charge on any atom is 0.247 e. The average molecular weight is 282 g/mol. The normalized spacial score (nSPS) is 10.5. The summed E-state index contributed by atoms with van der Waals surface area (Å²) in [4.78, 5) is 13.8. The van der Waals surface area contributed by atoms with Gasteiger partial charge in [-0.1, -0.05) is 18.2 Å². The molecule has 106 valence electrons. The number of nitrogens with one attached hydrogen (secondary N) is 2. The van der Waals surface area contributed by atoms with Gasteiger partial charge in [0.15, 0.2) is 5.82 Å². The number of nitrogen functional groups attached to an aromatic ring is 1. The third-order valence-corrected chi connectivity index (χ3v) is 3.24. The number of methoxy groups -OCH3 is 1. The van der Waals surface area contributed by atoms with Crippen LogP contribution in [-0.4, -0.2) is 22.3 Å². The van der Waals surface area contributed by atoms with E-state index in [1.165, 1.54) is 6.07 Å². The Morgan fingerprint density at radius 3 is 2.71 bits per heavy atom. The molecule has 0 amide bonds. The number of aromatic nitrogens is 3. The largest absolute Gasteiger partial charge is 0.496 e. The van der Waals surface area contributed by atoms with Gasteiger partial charge in [0, 0.05) is 23.4 Å². The second kappa shape index (κ2) is 5.16. The second-order valence-electron chi connectivity index (χ2n) is 4.50. The molecule has 1 aromatic carbocycles. The van der Waals surface area contributed by atoms with E-state index in [4.69, 9.17) is 10.5 Å². The fourth-order valence-electron chi connectivity index (χ4n) is 2.25. The molecule has 2 aromatic heterocycles. The summed E-state index contributed by atoms with van der Waals surface area (Å²) in [5.74, 6) is 1.08. The van der Waals surface area contributed by atoms with E-state index in [2.05, 4.69) is 15.2 Å². The first kappa shape index (κ1) is 13.0. The Labute approximate surface area is 120 Å². The number of H-pyrrole nitrogens is 2. The number of para-hydroxylation sites is 1. The molecule has 3 rings (SSSR count). The first-order chi connectivity index (χ1) is 10.2. The van der Waals surface area contributed by atoms with Crippen LogP contribution >= 0.6 is 0 Å². The lowest BCUT2D eigenvalue weighted by Gasteiger charge is -2.09. The number of rotatable bonds is 3. The molecule has 0 saturated carbocycles. The average Bonchev–Trinajstić information content (AvgIpc) is 2.89. The van der Waals surface area contributed by atoms with E-state index in [9.17, 15) is 4.79 Å². The van der Waals surface area contributed by atoms with Gasteiger partial charge < -0.3 is 15.5 Å². The lowest BCUT2D eigenvalue weighted by atomic mass is 10.0. The molecule has 0 aliphatic carbocycles. The topological polar surface area (TPSA) is 96.8 Å². The Hall–Kier alpha value is -3.02. The van der Waals surface area contributed by atoms with E-state index < -0.39 is 0 Å². The molecule has 0 bridgehead atoms. The van der Waals surface area contributed by atoms with Crippen LogP contribution in [0.5, 0.6) is 5.75 Å². The molecule has 0 unspecified atom stereocenters. The maximum atomic E-state index is 11.2. The zero-order valence-electron chi connectivity index (χ0n) is 11.4. The lowest BCUT2D eigenvalue weighted by Crippen LogP contribution is -2.01. The van der Waals surface area contributed by atoms with Crippen LogP contribution < -0.4 is 16.0 Å². The van der Waals surface area contributed by atoms with Crippen LogP contribution in [0.4, 0.5) is 5.82 Å². The van der Waals surface area contributed by atoms with Crippen molar-refractivity contribution in [1.29, 1.82) is 0 Å². The summed E-state index contributed by atoms with van der Waals surface area (Å²) in [6.45, 7) is 0. The molecule has 2 heterocycles. The summed E-state index contributed by atoms with van der Waals surface area (Å²) in [5, 5.41) is 6.98. The van der Waals surface area contributed by atoms with Crippen molar-refractivity contribution >= 4 is 5.82 Å². The van der Waals surface area contributed by atoms with Crippen molar-refractivity contribution in [2.45, 2.75) is 0 Å². The minimum absolute atomic E-state index is 0.162. The molecule has 0 spiro atoms. The van der Waals surface area contributed by atoms with Crippen LogP contribution in [0.25, 0.3) is 22.4 Å². The number of hydrogen-bond acceptors (Lipinski definition) is 4.